The Morgan fingerprint density at radius 1 is 1.21 bits per heavy atom. The quantitative estimate of drug-likeness (QED) is 0.129. The van der Waals surface area contributed by atoms with Gasteiger partial charge in [0.15, 0.2) is 12.3 Å². The van der Waals surface area contributed by atoms with Crippen LogP contribution in [0.25, 0.3) is 0 Å². The van der Waals surface area contributed by atoms with E-state index in [9.17, 15) is 19.2 Å². The topological polar surface area (TPSA) is 195 Å². The molecular weight excluding hydrogens is 446 g/mol. The summed E-state index contributed by atoms with van der Waals surface area (Å²) in [5, 5.41) is 30.1. The second kappa shape index (κ2) is 12.6. The fourth-order valence-corrected chi connectivity index (χ4v) is 3.05. The molecule has 0 aliphatic heterocycles. The predicted molar refractivity (Wildman–Crippen MR) is 118 cm³/mol. The lowest BCUT2D eigenvalue weighted by Crippen LogP contribution is -2.70. The zero-order valence-corrected chi connectivity index (χ0v) is 18.4. The van der Waals surface area contributed by atoms with Gasteiger partial charge in [-0.2, -0.15) is 5.11 Å². The summed E-state index contributed by atoms with van der Waals surface area (Å²) >= 11 is 0. The first-order valence-electron chi connectivity index (χ1n) is 10.3. The van der Waals surface area contributed by atoms with E-state index in [0.29, 0.717) is 12.0 Å². The number of nitrogens with zero attached hydrogens (tertiary/aromatic N) is 2. The van der Waals surface area contributed by atoms with Crippen molar-refractivity contribution >= 4 is 29.7 Å². The number of nitrogens with two attached hydrogens (primary N) is 1. The van der Waals surface area contributed by atoms with Crippen LogP contribution >= 0.6 is 0 Å². The van der Waals surface area contributed by atoms with Gasteiger partial charge in [0.25, 0.3) is 5.84 Å². The lowest BCUT2D eigenvalue weighted by atomic mass is 9.88. The monoisotopic (exact) mass is 472 g/mol. The Morgan fingerprint density at radius 3 is 2.53 bits per heavy atom. The predicted octanol–water partition coefficient (Wildman–Crippen LogP) is 0.107. The van der Waals surface area contributed by atoms with E-state index in [-0.39, 0.29) is 23.9 Å². The normalized spacial score (nSPS) is 16.9. The number of carboxylic acids is 2. The molecule has 0 fully saturated rings. The van der Waals surface area contributed by atoms with Gasteiger partial charge in [0.2, 0.25) is 0 Å². The first kappa shape index (κ1) is 25.9. The number of hydrogen-bond donors (Lipinski definition) is 5. The van der Waals surface area contributed by atoms with Gasteiger partial charge in [-0.15, -0.1) is 0 Å². The summed E-state index contributed by atoms with van der Waals surface area (Å²) in [5.74, 6) is -3.16. The van der Waals surface area contributed by atoms with Crippen LogP contribution in [0.3, 0.4) is 0 Å². The summed E-state index contributed by atoms with van der Waals surface area (Å²) in [6.07, 6.45) is 1.77. The Bertz CT molecular complexity index is 1050. The SMILES string of the molecule is CC1CC(C(N)=NN=[NH+]CC(=O)C(CC(=O)O)NC(=O)OCc2ccccc2)=CC=C1C(=O)O. The van der Waals surface area contributed by atoms with E-state index in [1.165, 1.54) is 12.2 Å². The van der Waals surface area contributed by atoms with Crippen LogP contribution in [-0.4, -0.2) is 52.5 Å². The molecule has 34 heavy (non-hydrogen) atoms. The third-order valence-electron chi connectivity index (χ3n) is 4.85. The lowest BCUT2D eigenvalue weighted by molar-refractivity contribution is -0.522. The van der Waals surface area contributed by atoms with E-state index >= 15 is 0 Å². The Balaban J connectivity index is 1.92. The number of alkyl carbamates (subject to hydrolysis) is 1. The maximum Gasteiger partial charge on any atom is 0.408 e. The summed E-state index contributed by atoms with van der Waals surface area (Å²) in [4.78, 5) is 46.6. The maximum absolute atomic E-state index is 12.4. The Hall–Kier alpha value is -4.35. The van der Waals surface area contributed by atoms with Crippen LogP contribution in [0.1, 0.15) is 25.3 Å². The average molecular weight is 472 g/mol. The molecule has 0 heterocycles. The molecule has 1 amide bonds. The fraction of sp³-hybridized carbons (Fsp3) is 0.318. The van der Waals surface area contributed by atoms with E-state index in [1.54, 1.807) is 37.3 Å². The number of hydrogen-bond acceptors (Lipinski definition) is 6. The molecule has 2 unspecified atom stereocenters. The number of rotatable bonds is 11. The average Bonchev–Trinajstić information content (AvgIpc) is 2.79. The fourth-order valence-electron chi connectivity index (χ4n) is 3.05. The molecule has 0 spiro atoms. The summed E-state index contributed by atoms with van der Waals surface area (Å²) in [6.45, 7) is 1.28. The number of Topliss-reactive ketones (excluding diaryl/α,β-unsaturated/α-hetero) is 1. The van der Waals surface area contributed by atoms with E-state index in [0.717, 1.165) is 5.56 Å². The zero-order valence-electron chi connectivity index (χ0n) is 18.4. The highest BCUT2D eigenvalue weighted by atomic mass is 16.5. The molecule has 2 atom stereocenters. The van der Waals surface area contributed by atoms with Gasteiger partial charge in [0.1, 0.15) is 17.9 Å². The van der Waals surface area contributed by atoms with Crippen molar-refractivity contribution in [3.63, 3.8) is 0 Å². The zero-order chi connectivity index (χ0) is 25.1. The maximum atomic E-state index is 12.4. The highest BCUT2D eigenvalue weighted by molar-refractivity contribution is 5.98. The van der Waals surface area contributed by atoms with Crippen LogP contribution in [-0.2, 0) is 25.7 Å². The largest absolute Gasteiger partial charge is 0.481 e. The number of amides is 1. The van der Waals surface area contributed by atoms with Gasteiger partial charge in [-0.25, -0.2) is 9.59 Å². The highest BCUT2D eigenvalue weighted by Crippen LogP contribution is 2.25. The number of carbonyl (C=O) groups is 4. The molecule has 0 saturated heterocycles. The first-order valence-corrected chi connectivity index (χ1v) is 10.3. The number of benzene rings is 1. The van der Waals surface area contributed by atoms with Gasteiger partial charge >= 0.3 is 18.0 Å². The number of carbonyl (C=O) groups excluding carboxylic acids is 2. The third kappa shape index (κ3) is 8.30. The molecule has 1 aliphatic rings. The van der Waals surface area contributed by atoms with Gasteiger partial charge in [0.05, 0.1) is 11.5 Å². The minimum Gasteiger partial charge on any atom is -0.481 e. The van der Waals surface area contributed by atoms with Gasteiger partial charge in [-0.1, -0.05) is 49.4 Å². The van der Waals surface area contributed by atoms with Crippen LogP contribution in [0.4, 0.5) is 4.79 Å². The van der Waals surface area contributed by atoms with E-state index < -0.39 is 42.8 Å². The molecule has 0 aromatic heterocycles. The third-order valence-corrected chi connectivity index (χ3v) is 4.85. The summed E-state index contributed by atoms with van der Waals surface area (Å²) in [5.41, 5.74) is 7.43. The number of allylic oxidation sites excluding steroid dienone is 2. The molecule has 0 bridgehead atoms. The van der Waals surface area contributed by atoms with Crippen molar-refractivity contribution in [3.05, 3.63) is 59.2 Å². The second-order valence-corrected chi connectivity index (χ2v) is 7.47. The molecular formula is C22H26N5O7+. The number of aliphatic carboxylic acids is 2. The summed E-state index contributed by atoms with van der Waals surface area (Å²) in [6, 6.07) is 7.50. The van der Waals surface area contributed by atoms with Crippen LogP contribution in [0.5, 0.6) is 0 Å². The van der Waals surface area contributed by atoms with Gasteiger partial charge < -0.3 is 26.0 Å². The van der Waals surface area contributed by atoms with Crippen molar-refractivity contribution < 1.29 is 39.2 Å². The molecule has 1 aliphatic carbocycles. The minimum atomic E-state index is -1.34. The van der Waals surface area contributed by atoms with Crippen molar-refractivity contribution in [2.45, 2.75) is 32.4 Å². The molecule has 180 valence electrons. The van der Waals surface area contributed by atoms with Crippen LogP contribution < -0.4 is 16.2 Å². The van der Waals surface area contributed by atoms with E-state index in [4.69, 9.17) is 20.7 Å². The molecule has 1 aromatic rings. The molecule has 12 nitrogen and oxygen atoms in total. The van der Waals surface area contributed by atoms with E-state index in [1.807, 2.05) is 0 Å². The van der Waals surface area contributed by atoms with Crippen molar-refractivity contribution in [2.75, 3.05) is 6.54 Å². The van der Waals surface area contributed by atoms with Crippen molar-refractivity contribution in [1.82, 2.24) is 5.32 Å². The van der Waals surface area contributed by atoms with Crippen molar-refractivity contribution in [2.24, 2.45) is 22.0 Å². The molecule has 12 heteroatoms. The molecule has 6 N–H and O–H groups in total. The summed E-state index contributed by atoms with van der Waals surface area (Å²) < 4.78 is 5.02. The van der Waals surface area contributed by atoms with Crippen molar-refractivity contribution in [3.8, 4) is 0 Å². The number of ether oxygens (including phenoxy) is 1. The number of nitrogens with one attached hydrogen (secondary N) is 2. The Kier molecular flexibility index (Phi) is 9.62. The standard InChI is InChI=1S/C22H25N5O7/c1-13-9-15(7-8-16(13)21(31)32)20(23)26-27-24-11-18(28)17(10-19(29)30)25-22(33)34-12-14-5-3-2-4-6-14/h2-8,13,17H,9-12H2,1H3,(H,25,33)(H,29,30)(H,31,32)(H2,23,24,26)/p+1. The van der Waals surface area contributed by atoms with E-state index in [2.05, 4.69) is 20.8 Å². The molecule has 0 radical (unpaired) electrons. The molecule has 2 rings (SSSR count). The number of amidine groups is 1. The first-order chi connectivity index (χ1) is 16.2. The van der Waals surface area contributed by atoms with Crippen LogP contribution in [0, 0.1) is 5.92 Å². The second-order valence-electron chi connectivity index (χ2n) is 7.47. The summed E-state index contributed by atoms with van der Waals surface area (Å²) in [7, 11) is 0. The van der Waals surface area contributed by atoms with Gasteiger partial charge in [0, 0.05) is 11.1 Å². The van der Waals surface area contributed by atoms with Crippen LogP contribution in [0.15, 0.2) is 64.0 Å². The molecule has 0 saturated carbocycles. The van der Waals surface area contributed by atoms with Gasteiger partial charge in [-0.3, -0.25) is 9.59 Å². The van der Waals surface area contributed by atoms with Gasteiger partial charge in [-0.05, 0) is 17.9 Å². The Labute approximate surface area is 194 Å². The Morgan fingerprint density at radius 2 is 1.91 bits per heavy atom. The van der Waals surface area contributed by atoms with Crippen LogP contribution in [0.2, 0.25) is 0 Å². The minimum absolute atomic E-state index is 0.0391. The smallest absolute Gasteiger partial charge is 0.408 e. The number of ketones is 1. The van der Waals surface area contributed by atoms with Crippen molar-refractivity contribution in [1.29, 1.82) is 0 Å². The lowest BCUT2D eigenvalue weighted by Gasteiger charge is -2.16. The molecule has 1 aromatic carbocycles. The number of carboxylic acid groups (broad SMARTS) is 2. The highest BCUT2D eigenvalue weighted by Gasteiger charge is 2.25.